The summed E-state index contributed by atoms with van der Waals surface area (Å²) in [6.07, 6.45) is 4.65. The summed E-state index contributed by atoms with van der Waals surface area (Å²) in [4.78, 5) is 15.7. The van der Waals surface area contributed by atoms with E-state index in [0.29, 0.717) is 12.5 Å². The zero-order chi connectivity index (χ0) is 16.3. The Hall–Kier alpha value is -1.26. The van der Waals surface area contributed by atoms with Gasteiger partial charge in [0, 0.05) is 26.1 Å². The maximum Gasteiger partial charge on any atom is 0.306 e. The van der Waals surface area contributed by atoms with E-state index in [0.717, 1.165) is 38.2 Å². The first kappa shape index (κ1) is 19.7. The molecular weight excluding hydrogens is 266 g/mol. The van der Waals surface area contributed by atoms with E-state index >= 15 is 0 Å². The van der Waals surface area contributed by atoms with Crippen LogP contribution in [0.5, 0.6) is 0 Å². The molecule has 0 fully saturated rings. The minimum absolute atomic E-state index is 0.0952. The van der Waals surface area contributed by atoms with Crippen molar-refractivity contribution in [1.82, 2.24) is 10.6 Å². The van der Waals surface area contributed by atoms with Gasteiger partial charge in [0.05, 0.1) is 0 Å². The summed E-state index contributed by atoms with van der Waals surface area (Å²) in [5, 5.41) is 6.52. The van der Waals surface area contributed by atoms with E-state index in [1.807, 2.05) is 20.8 Å². The molecule has 0 bridgehead atoms. The van der Waals surface area contributed by atoms with Gasteiger partial charge < -0.3 is 15.4 Å². The molecule has 0 amide bonds. The van der Waals surface area contributed by atoms with Crippen molar-refractivity contribution in [3.8, 4) is 0 Å². The maximum absolute atomic E-state index is 11.5. The summed E-state index contributed by atoms with van der Waals surface area (Å²) >= 11 is 0. The van der Waals surface area contributed by atoms with Crippen LogP contribution in [0.1, 0.15) is 66.7 Å². The number of hydrogen-bond donors (Lipinski definition) is 2. The number of unbranched alkanes of at least 4 members (excludes halogenated alkanes) is 3. The molecule has 2 N–H and O–H groups in total. The van der Waals surface area contributed by atoms with Crippen molar-refractivity contribution in [2.75, 3.05) is 13.6 Å². The second-order valence-corrected chi connectivity index (χ2v) is 6.55. The number of nitrogens with zero attached hydrogens (tertiary/aromatic N) is 1. The summed E-state index contributed by atoms with van der Waals surface area (Å²) in [6.45, 7) is 10.8. The molecule has 21 heavy (non-hydrogen) atoms. The highest BCUT2D eigenvalue weighted by Gasteiger charge is 2.15. The van der Waals surface area contributed by atoms with Crippen molar-refractivity contribution < 1.29 is 9.53 Å². The monoisotopic (exact) mass is 299 g/mol. The number of nitrogens with one attached hydrogen (secondary N) is 2. The van der Waals surface area contributed by atoms with E-state index in [4.69, 9.17) is 4.74 Å². The number of carbonyl (C=O) groups is 1. The second kappa shape index (κ2) is 10.5. The Balaban J connectivity index is 3.54. The summed E-state index contributed by atoms with van der Waals surface area (Å²) in [5.41, 5.74) is -0.375. The second-order valence-electron chi connectivity index (χ2n) is 6.55. The van der Waals surface area contributed by atoms with E-state index in [9.17, 15) is 4.79 Å². The zero-order valence-electron chi connectivity index (χ0n) is 14.6. The number of ether oxygens (including phenoxy) is 1. The zero-order valence-corrected chi connectivity index (χ0v) is 14.6. The fraction of sp³-hybridized carbons (Fsp3) is 0.875. The molecule has 0 rings (SSSR count). The average Bonchev–Trinajstić information content (AvgIpc) is 2.33. The van der Waals surface area contributed by atoms with Crippen LogP contribution in [-0.4, -0.2) is 37.2 Å². The minimum atomic E-state index is -0.375. The van der Waals surface area contributed by atoms with Gasteiger partial charge in [-0.05, 0) is 47.5 Å². The van der Waals surface area contributed by atoms with E-state index in [2.05, 4.69) is 29.5 Å². The van der Waals surface area contributed by atoms with Crippen molar-refractivity contribution in [3.05, 3.63) is 0 Å². The van der Waals surface area contributed by atoms with Crippen LogP contribution in [0.2, 0.25) is 0 Å². The molecule has 0 aliphatic heterocycles. The topological polar surface area (TPSA) is 62.7 Å². The summed E-state index contributed by atoms with van der Waals surface area (Å²) in [5.74, 6) is 0.751. The first-order chi connectivity index (χ1) is 9.74. The van der Waals surface area contributed by atoms with Crippen molar-refractivity contribution in [2.45, 2.75) is 78.4 Å². The number of rotatable bonds is 8. The molecule has 0 heterocycles. The third kappa shape index (κ3) is 13.5. The molecule has 0 aromatic rings. The van der Waals surface area contributed by atoms with Gasteiger partial charge >= 0.3 is 5.97 Å². The number of hydrogen-bond acceptors (Lipinski definition) is 3. The number of guanidine groups is 1. The molecule has 0 spiro atoms. The van der Waals surface area contributed by atoms with Crippen LogP contribution in [0.4, 0.5) is 0 Å². The summed E-state index contributed by atoms with van der Waals surface area (Å²) < 4.78 is 5.27. The molecule has 0 saturated heterocycles. The van der Waals surface area contributed by atoms with Gasteiger partial charge in [-0.1, -0.05) is 12.8 Å². The number of esters is 1. The van der Waals surface area contributed by atoms with E-state index < -0.39 is 0 Å². The van der Waals surface area contributed by atoms with Crippen LogP contribution >= 0.6 is 0 Å². The Morgan fingerprint density at radius 1 is 1.14 bits per heavy atom. The highest BCUT2D eigenvalue weighted by atomic mass is 16.6. The highest BCUT2D eigenvalue weighted by molar-refractivity contribution is 5.79. The summed E-state index contributed by atoms with van der Waals surface area (Å²) in [7, 11) is 1.78. The molecule has 5 nitrogen and oxygen atoms in total. The lowest BCUT2D eigenvalue weighted by molar-refractivity contribution is -0.154. The Morgan fingerprint density at radius 3 is 2.29 bits per heavy atom. The standard InChI is InChI=1S/C16H33N3O2/c1-13(2)19-15(17-6)18-12-10-8-7-9-11-14(20)21-16(3,4)5/h13H,7-12H2,1-6H3,(H2,17,18,19). The van der Waals surface area contributed by atoms with Crippen molar-refractivity contribution in [1.29, 1.82) is 0 Å². The third-order valence-corrected chi connectivity index (χ3v) is 2.67. The van der Waals surface area contributed by atoms with Crippen molar-refractivity contribution in [2.24, 2.45) is 4.99 Å². The fourth-order valence-electron chi connectivity index (χ4n) is 1.82. The molecule has 0 atom stereocenters. The van der Waals surface area contributed by atoms with Gasteiger partial charge in [-0.3, -0.25) is 9.79 Å². The summed E-state index contributed by atoms with van der Waals surface area (Å²) in [6, 6.07) is 0.380. The van der Waals surface area contributed by atoms with Gasteiger partial charge in [-0.15, -0.1) is 0 Å². The predicted octanol–water partition coefficient (Wildman–Crippen LogP) is 2.85. The van der Waals surface area contributed by atoms with E-state index in [1.54, 1.807) is 7.05 Å². The Morgan fingerprint density at radius 2 is 1.76 bits per heavy atom. The van der Waals surface area contributed by atoms with Crippen LogP contribution in [0.15, 0.2) is 4.99 Å². The van der Waals surface area contributed by atoms with Crippen LogP contribution in [0, 0.1) is 0 Å². The minimum Gasteiger partial charge on any atom is -0.460 e. The molecule has 0 aromatic carbocycles. The van der Waals surface area contributed by atoms with Gasteiger partial charge in [-0.2, -0.15) is 0 Å². The van der Waals surface area contributed by atoms with E-state index in [-0.39, 0.29) is 11.6 Å². The van der Waals surface area contributed by atoms with E-state index in [1.165, 1.54) is 0 Å². The molecule has 0 aliphatic rings. The van der Waals surface area contributed by atoms with Crippen LogP contribution in [-0.2, 0) is 9.53 Å². The Labute approximate surface area is 129 Å². The molecule has 0 unspecified atom stereocenters. The van der Waals surface area contributed by atoms with Gasteiger partial charge in [0.2, 0.25) is 0 Å². The predicted molar refractivity (Wildman–Crippen MR) is 88.6 cm³/mol. The normalized spacial score (nSPS) is 12.4. The Kier molecular flexibility index (Phi) is 9.84. The van der Waals surface area contributed by atoms with Crippen LogP contribution in [0.25, 0.3) is 0 Å². The van der Waals surface area contributed by atoms with Crippen LogP contribution in [0.3, 0.4) is 0 Å². The quantitative estimate of drug-likeness (QED) is 0.313. The molecular formula is C16H33N3O2. The molecule has 5 heteroatoms. The molecule has 0 radical (unpaired) electrons. The SMILES string of the molecule is CN=C(NCCCCCCC(=O)OC(C)(C)C)NC(C)C. The average molecular weight is 299 g/mol. The first-order valence-corrected chi connectivity index (χ1v) is 7.93. The first-order valence-electron chi connectivity index (χ1n) is 7.93. The lowest BCUT2D eigenvalue weighted by Gasteiger charge is -2.19. The fourth-order valence-corrected chi connectivity index (χ4v) is 1.82. The third-order valence-electron chi connectivity index (χ3n) is 2.67. The van der Waals surface area contributed by atoms with Crippen molar-refractivity contribution >= 4 is 11.9 Å². The molecule has 124 valence electrons. The van der Waals surface area contributed by atoms with Gasteiger partial charge in [-0.25, -0.2) is 0 Å². The molecule has 0 saturated carbocycles. The number of aliphatic imine (C=N–C) groups is 1. The maximum atomic E-state index is 11.5. The molecule has 0 aliphatic carbocycles. The largest absolute Gasteiger partial charge is 0.460 e. The highest BCUT2D eigenvalue weighted by Crippen LogP contribution is 2.10. The molecule has 0 aromatic heterocycles. The lowest BCUT2D eigenvalue weighted by Crippen LogP contribution is -2.41. The number of carbonyl (C=O) groups excluding carboxylic acids is 1. The van der Waals surface area contributed by atoms with Gasteiger partial charge in [0.15, 0.2) is 5.96 Å². The van der Waals surface area contributed by atoms with Gasteiger partial charge in [0.25, 0.3) is 0 Å². The van der Waals surface area contributed by atoms with Crippen LogP contribution < -0.4 is 10.6 Å². The lowest BCUT2D eigenvalue weighted by atomic mass is 10.1. The van der Waals surface area contributed by atoms with Gasteiger partial charge in [0.1, 0.15) is 5.60 Å². The Bertz CT molecular complexity index is 320. The smallest absolute Gasteiger partial charge is 0.306 e. The van der Waals surface area contributed by atoms with Crippen molar-refractivity contribution in [3.63, 3.8) is 0 Å².